The monoisotopic (exact) mass is 421 g/mol. The first-order valence-corrected chi connectivity index (χ1v) is 10.4. The maximum atomic E-state index is 14.5. The molecule has 3 aliphatic rings. The molecule has 0 radical (unpaired) electrons. The number of anilines is 2. The number of halogens is 3. The van der Waals surface area contributed by atoms with Crippen LogP contribution >= 0.6 is 23.2 Å². The Morgan fingerprint density at radius 3 is 2.79 bits per heavy atom. The van der Waals surface area contributed by atoms with E-state index >= 15 is 0 Å². The van der Waals surface area contributed by atoms with Crippen molar-refractivity contribution in [3.05, 3.63) is 51.9 Å². The third kappa shape index (κ3) is 2.62. The van der Waals surface area contributed by atoms with Crippen molar-refractivity contribution in [1.29, 1.82) is 0 Å². The molecule has 2 N–H and O–H groups in total. The lowest BCUT2D eigenvalue weighted by Crippen LogP contribution is -2.66. The van der Waals surface area contributed by atoms with E-state index in [1.54, 1.807) is 0 Å². The van der Waals surface area contributed by atoms with E-state index in [0.29, 0.717) is 17.4 Å². The second-order valence-electron chi connectivity index (χ2n) is 7.88. The number of benzene rings is 1. The number of nitrogens with zero attached hydrogens (tertiary/aromatic N) is 3. The number of piperazine rings is 1. The van der Waals surface area contributed by atoms with Crippen molar-refractivity contribution in [2.75, 3.05) is 30.0 Å². The Bertz CT molecular complexity index is 935. The summed E-state index contributed by atoms with van der Waals surface area (Å²) in [5, 5.41) is 1.08. The summed E-state index contributed by atoms with van der Waals surface area (Å²) in [6.07, 6.45) is 4.52. The summed E-state index contributed by atoms with van der Waals surface area (Å²) in [4.78, 5) is 8.84. The molecule has 2 aliphatic heterocycles. The highest BCUT2D eigenvalue weighted by atomic mass is 35.5. The van der Waals surface area contributed by atoms with Gasteiger partial charge in [-0.15, -0.1) is 0 Å². The Kier molecular flexibility index (Phi) is 4.25. The van der Waals surface area contributed by atoms with Gasteiger partial charge in [-0.25, -0.2) is 14.8 Å². The van der Waals surface area contributed by atoms with Crippen LogP contribution in [0.25, 0.3) is 0 Å². The predicted molar refractivity (Wildman–Crippen MR) is 110 cm³/mol. The molecule has 1 unspecified atom stereocenters. The van der Waals surface area contributed by atoms with E-state index in [1.165, 1.54) is 12.3 Å². The normalized spacial score (nSPS) is 25.6. The summed E-state index contributed by atoms with van der Waals surface area (Å²) in [6.45, 7) is 4.39. The molecule has 1 aliphatic carbocycles. The lowest BCUT2D eigenvalue weighted by atomic mass is 9.91. The molecule has 28 heavy (non-hydrogen) atoms. The molecular formula is C20H22Cl2FN5. The summed E-state index contributed by atoms with van der Waals surface area (Å²) in [7, 11) is 0. The van der Waals surface area contributed by atoms with Crippen LogP contribution in [0.4, 0.5) is 15.9 Å². The highest BCUT2D eigenvalue weighted by molar-refractivity contribution is 6.32. The van der Waals surface area contributed by atoms with Gasteiger partial charge in [0.15, 0.2) is 11.6 Å². The van der Waals surface area contributed by atoms with Gasteiger partial charge in [-0.3, -0.25) is 4.90 Å². The number of rotatable bonds is 3. The second-order valence-corrected chi connectivity index (χ2v) is 8.73. The quantitative estimate of drug-likeness (QED) is 0.769. The van der Waals surface area contributed by atoms with Gasteiger partial charge < -0.3 is 10.3 Å². The third-order valence-corrected chi connectivity index (χ3v) is 6.89. The average Bonchev–Trinajstić information content (AvgIpc) is 3.32. The van der Waals surface area contributed by atoms with Gasteiger partial charge in [-0.2, -0.15) is 0 Å². The Balaban J connectivity index is 1.49. The molecule has 1 saturated heterocycles. The molecule has 5 rings (SSSR count). The number of fused-ring (bicyclic) bond motifs is 1. The van der Waals surface area contributed by atoms with Crippen LogP contribution in [0.5, 0.6) is 0 Å². The number of hydrogen-bond acceptors (Lipinski definition) is 5. The van der Waals surface area contributed by atoms with Gasteiger partial charge in [0, 0.05) is 42.0 Å². The van der Waals surface area contributed by atoms with Gasteiger partial charge in [-0.1, -0.05) is 36.2 Å². The minimum atomic E-state index is -0.373. The lowest BCUT2D eigenvalue weighted by Gasteiger charge is -2.51. The maximum Gasteiger partial charge on any atom is 0.167 e. The van der Waals surface area contributed by atoms with E-state index in [2.05, 4.69) is 38.6 Å². The van der Waals surface area contributed by atoms with Gasteiger partial charge in [0.25, 0.3) is 0 Å². The molecule has 1 saturated carbocycles. The lowest BCUT2D eigenvalue weighted by molar-refractivity contribution is -0.00179. The van der Waals surface area contributed by atoms with E-state index in [0.717, 1.165) is 48.6 Å². The Morgan fingerprint density at radius 2 is 2.07 bits per heavy atom. The fourth-order valence-corrected chi connectivity index (χ4v) is 5.38. The molecule has 1 aromatic heterocycles. The number of pyridine rings is 1. The Labute approximate surface area is 173 Å². The molecule has 5 nitrogen and oxygen atoms in total. The summed E-state index contributed by atoms with van der Waals surface area (Å²) >= 11 is 12.5. The van der Waals surface area contributed by atoms with Gasteiger partial charge in [0.1, 0.15) is 5.66 Å². The molecule has 0 bridgehead atoms. The summed E-state index contributed by atoms with van der Waals surface area (Å²) < 4.78 is 14.5. The van der Waals surface area contributed by atoms with Crippen LogP contribution < -0.4 is 15.8 Å². The minimum absolute atomic E-state index is 0.0164. The minimum Gasteiger partial charge on any atom is -0.351 e. The van der Waals surface area contributed by atoms with Crippen LogP contribution in [-0.2, 0) is 5.66 Å². The predicted octanol–water partition coefficient (Wildman–Crippen LogP) is 4.38. The van der Waals surface area contributed by atoms with Crippen LogP contribution in [0.2, 0.25) is 10.0 Å². The summed E-state index contributed by atoms with van der Waals surface area (Å²) in [5.41, 5.74) is 8.60. The zero-order chi connectivity index (χ0) is 19.5. The van der Waals surface area contributed by atoms with Crippen molar-refractivity contribution in [3.8, 4) is 0 Å². The van der Waals surface area contributed by atoms with E-state index < -0.39 is 0 Å². The van der Waals surface area contributed by atoms with Gasteiger partial charge in [0.2, 0.25) is 0 Å². The second kappa shape index (κ2) is 6.46. The fourth-order valence-electron chi connectivity index (χ4n) is 4.91. The first-order valence-electron chi connectivity index (χ1n) is 9.65. The van der Waals surface area contributed by atoms with E-state index in [4.69, 9.17) is 23.2 Å². The van der Waals surface area contributed by atoms with Crippen LogP contribution in [0.1, 0.15) is 31.7 Å². The van der Waals surface area contributed by atoms with E-state index in [-0.39, 0.29) is 17.0 Å². The number of hydrazine groups is 1. The van der Waals surface area contributed by atoms with Gasteiger partial charge in [-0.05, 0) is 37.5 Å². The van der Waals surface area contributed by atoms with Crippen molar-refractivity contribution in [1.82, 2.24) is 15.3 Å². The molecule has 0 amide bonds. The van der Waals surface area contributed by atoms with Crippen molar-refractivity contribution in [2.24, 2.45) is 0 Å². The molecule has 2 fully saturated rings. The van der Waals surface area contributed by atoms with Crippen LogP contribution in [0.3, 0.4) is 0 Å². The van der Waals surface area contributed by atoms with Crippen LogP contribution in [-0.4, -0.2) is 35.1 Å². The van der Waals surface area contributed by atoms with Gasteiger partial charge in [0.05, 0.1) is 10.7 Å². The highest BCUT2D eigenvalue weighted by Crippen LogP contribution is 2.54. The highest BCUT2D eigenvalue weighted by Gasteiger charge is 2.60. The van der Waals surface area contributed by atoms with E-state index in [1.807, 2.05) is 12.1 Å². The topological polar surface area (TPSA) is 43.4 Å². The zero-order valence-electron chi connectivity index (χ0n) is 15.6. The smallest absolute Gasteiger partial charge is 0.167 e. The average molecular weight is 422 g/mol. The van der Waals surface area contributed by atoms with Crippen molar-refractivity contribution < 1.29 is 4.39 Å². The largest absolute Gasteiger partial charge is 0.351 e. The number of aromatic nitrogens is 1. The van der Waals surface area contributed by atoms with Crippen LogP contribution in [0, 0.1) is 5.82 Å². The standard InChI is InChI=1S/C20H22Cl2FN5/c1-2-20(17-14(22)4-3-5-16(17)25-26-20)28-9-8-27(12-19(28)6-7-19)18-15(23)10-13(21)11-24-18/h3-5,10-11,25-26H,2,6-9,12H2,1H3. The molecule has 148 valence electrons. The first kappa shape index (κ1) is 18.4. The molecule has 1 aromatic carbocycles. The van der Waals surface area contributed by atoms with Crippen LogP contribution in [0.15, 0.2) is 30.5 Å². The zero-order valence-corrected chi connectivity index (χ0v) is 17.1. The van der Waals surface area contributed by atoms with Gasteiger partial charge >= 0.3 is 0 Å². The van der Waals surface area contributed by atoms with Crippen molar-refractivity contribution in [2.45, 2.75) is 37.4 Å². The summed E-state index contributed by atoms with van der Waals surface area (Å²) in [5.74, 6) is 0.0211. The Morgan fingerprint density at radius 1 is 1.25 bits per heavy atom. The number of hydrogen-bond donors (Lipinski definition) is 2. The van der Waals surface area contributed by atoms with Crippen molar-refractivity contribution in [3.63, 3.8) is 0 Å². The Hall–Kier alpha value is -1.60. The molecule has 3 heterocycles. The van der Waals surface area contributed by atoms with E-state index in [9.17, 15) is 4.39 Å². The van der Waals surface area contributed by atoms with Crippen molar-refractivity contribution >= 4 is 34.7 Å². The molecule has 1 spiro atoms. The molecule has 2 aromatic rings. The first-order chi connectivity index (χ1) is 13.5. The third-order valence-electron chi connectivity index (χ3n) is 6.37. The molecule has 1 atom stereocenters. The SMILES string of the molecule is CCC1(N2CCN(c3ncc(Cl)cc3F)CC23CC3)NNc2cccc(Cl)c21. The molecule has 8 heteroatoms. The maximum absolute atomic E-state index is 14.5. The molecular weight excluding hydrogens is 400 g/mol. The summed E-state index contributed by atoms with van der Waals surface area (Å²) in [6, 6.07) is 7.29. The number of nitrogens with one attached hydrogen (secondary N) is 2. The fraction of sp³-hybridized carbons (Fsp3) is 0.450.